The number of carboxylic acid groups (broad SMARTS) is 1. The summed E-state index contributed by atoms with van der Waals surface area (Å²) in [6, 6.07) is -0.324. The Kier molecular flexibility index (Phi) is 18.4. The molecule has 6 N–H and O–H groups in total. The molecule has 3 aliphatic rings. The van der Waals surface area contributed by atoms with Gasteiger partial charge in [-0.1, -0.05) is 34.6 Å². The molecule has 3 fully saturated rings. The molecule has 0 unspecified atom stereocenters. The van der Waals surface area contributed by atoms with Gasteiger partial charge in [0.1, 0.15) is 29.7 Å². The molecular formula is C40H73NO15. The predicted molar refractivity (Wildman–Crippen MR) is 204 cm³/mol. The van der Waals surface area contributed by atoms with Crippen LogP contribution in [0.3, 0.4) is 0 Å². The summed E-state index contributed by atoms with van der Waals surface area (Å²) in [4.78, 5) is 39.1. The maximum atomic E-state index is 14.1. The third kappa shape index (κ3) is 11.9. The average molecular weight is 808 g/mol. The number of nitrogens with zero attached hydrogens (tertiary/aromatic N) is 1. The van der Waals surface area contributed by atoms with Crippen LogP contribution in [0.5, 0.6) is 0 Å². The molecule has 3 aliphatic heterocycles. The van der Waals surface area contributed by atoms with Gasteiger partial charge in [-0.05, 0) is 74.9 Å². The van der Waals surface area contributed by atoms with Crippen molar-refractivity contribution in [1.82, 2.24) is 4.90 Å². The first-order valence-corrected chi connectivity index (χ1v) is 20.0. The molecule has 18 atom stereocenters. The molecule has 3 saturated heterocycles. The maximum absolute atomic E-state index is 14.1. The summed E-state index contributed by atoms with van der Waals surface area (Å²) in [5.74, 6) is -5.72. The average Bonchev–Trinajstić information content (AvgIpc) is 3.12. The van der Waals surface area contributed by atoms with Crippen LogP contribution in [-0.4, -0.2) is 159 Å². The van der Waals surface area contributed by atoms with Crippen LogP contribution in [0.15, 0.2) is 0 Å². The van der Waals surface area contributed by atoms with Gasteiger partial charge in [-0.15, -0.1) is 0 Å². The molecule has 0 aromatic heterocycles. The van der Waals surface area contributed by atoms with Crippen molar-refractivity contribution in [1.29, 1.82) is 0 Å². The number of Topliss-reactive ketones (excluding diaryl/α,β-unsaturated/α-hetero) is 1. The van der Waals surface area contributed by atoms with Crippen molar-refractivity contribution in [2.24, 2.45) is 23.7 Å². The Morgan fingerprint density at radius 2 is 1.46 bits per heavy atom. The molecule has 0 spiro atoms. The van der Waals surface area contributed by atoms with Crippen LogP contribution in [0.4, 0.5) is 0 Å². The van der Waals surface area contributed by atoms with Gasteiger partial charge in [-0.3, -0.25) is 14.4 Å². The second kappa shape index (κ2) is 20.4. The number of hydrogen-bond acceptors (Lipinski definition) is 15. The van der Waals surface area contributed by atoms with Crippen molar-refractivity contribution in [3.63, 3.8) is 0 Å². The highest BCUT2D eigenvalue weighted by atomic mass is 16.7. The van der Waals surface area contributed by atoms with Crippen LogP contribution in [0, 0.1) is 23.7 Å². The Hall–Kier alpha value is -1.83. The molecule has 3 rings (SSSR count). The first-order valence-electron chi connectivity index (χ1n) is 20.0. The first-order chi connectivity index (χ1) is 25.7. The minimum Gasteiger partial charge on any atom is -0.481 e. The van der Waals surface area contributed by atoms with Gasteiger partial charge in [0.25, 0.3) is 0 Å². The molecule has 56 heavy (non-hydrogen) atoms. The van der Waals surface area contributed by atoms with Gasteiger partial charge in [0.05, 0.1) is 47.6 Å². The Labute approximate surface area is 333 Å². The number of esters is 1. The highest BCUT2D eigenvalue weighted by molar-refractivity contribution is 5.83. The van der Waals surface area contributed by atoms with Gasteiger partial charge in [-0.2, -0.15) is 0 Å². The van der Waals surface area contributed by atoms with E-state index in [-0.39, 0.29) is 37.8 Å². The molecule has 0 bridgehead atoms. The normalized spacial score (nSPS) is 46.0. The number of carbonyl (C=O) groups excluding carboxylic acids is 2. The number of cyclic esters (lactones) is 1. The molecule has 16 heteroatoms. The van der Waals surface area contributed by atoms with Crippen molar-refractivity contribution in [2.45, 2.75) is 193 Å². The van der Waals surface area contributed by atoms with Crippen molar-refractivity contribution in [3.8, 4) is 0 Å². The Balaban J connectivity index is 0.00000203. The Bertz CT molecular complexity index is 1280. The zero-order valence-corrected chi connectivity index (χ0v) is 36.0. The number of rotatable bonds is 8. The number of carboxylic acids is 1. The van der Waals surface area contributed by atoms with E-state index in [1.807, 2.05) is 25.9 Å². The molecule has 3 heterocycles. The van der Waals surface area contributed by atoms with Gasteiger partial charge < -0.3 is 64.0 Å². The molecule has 0 saturated carbocycles. The summed E-state index contributed by atoms with van der Waals surface area (Å²) in [5, 5.41) is 65.3. The summed E-state index contributed by atoms with van der Waals surface area (Å²) in [7, 11) is 5.18. The molecule has 328 valence electrons. The highest BCUT2D eigenvalue weighted by Crippen LogP contribution is 2.40. The third-order valence-electron chi connectivity index (χ3n) is 12.1. The largest absolute Gasteiger partial charge is 0.481 e. The number of likely N-dealkylation sites (N-methyl/N-ethyl adjacent to an activating group) is 1. The molecule has 0 aliphatic carbocycles. The number of ether oxygens (including phenoxy) is 6. The zero-order valence-electron chi connectivity index (χ0n) is 36.0. The van der Waals surface area contributed by atoms with E-state index in [1.165, 1.54) is 27.9 Å². The Morgan fingerprint density at radius 1 is 0.893 bits per heavy atom. The van der Waals surface area contributed by atoms with Gasteiger partial charge in [-0.25, -0.2) is 0 Å². The van der Waals surface area contributed by atoms with Crippen LogP contribution >= 0.6 is 0 Å². The summed E-state index contributed by atoms with van der Waals surface area (Å²) >= 11 is 0. The van der Waals surface area contributed by atoms with E-state index in [9.17, 15) is 39.9 Å². The van der Waals surface area contributed by atoms with Gasteiger partial charge >= 0.3 is 11.9 Å². The summed E-state index contributed by atoms with van der Waals surface area (Å²) in [6.07, 6.45) is -9.49. The fourth-order valence-corrected chi connectivity index (χ4v) is 8.41. The zero-order chi connectivity index (χ0) is 43.2. The molecule has 0 radical (unpaired) electrons. The number of aliphatic carboxylic acids is 1. The van der Waals surface area contributed by atoms with Crippen LogP contribution in [0.2, 0.25) is 0 Å². The molecule has 16 nitrogen and oxygen atoms in total. The van der Waals surface area contributed by atoms with Crippen LogP contribution < -0.4 is 0 Å². The van der Waals surface area contributed by atoms with Crippen LogP contribution in [-0.2, 0) is 42.8 Å². The van der Waals surface area contributed by atoms with E-state index in [0.29, 0.717) is 6.42 Å². The molecule has 0 amide bonds. The number of ketones is 1. The van der Waals surface area contributed by atoms with Crippen molar-refractivity contribution >= 4 is 17.7 Å². The number of hydrogen-bond donors (Lipinski definition) is 6. The topological polar surface area (TPSA) is 231 Å². The molecule has 0 aromatic rings. The minimum atomic E-state index is -1.99. The smallest absolute Gasteiger partial charge is 0.311 e. The van der Waals surface area contributed by atoms with Gasteiger partial charge in [0.2, 0.25) is 0 Å². The van der Waals surface area contributed by atoms with Crippen LogP contribution in [0.25, 0.3) is 0 Å². The quantitative estimate of drug-likeness (QED) is 0.193. The summed E-state index contributed by atoms with van der Waals surface area (Å²) in [6.45, 7) is 17.9. The fourth-order valence-electron chi connectivity index (χ4n) is 8.41. The highest BCUT2D eigenvalue weighted by Gasteiger charge is 2.53. The lowest BCUT2D eigenvalue weighted by Gasteiger charge is -2.49. The number of carbonyl (C=O) groups is 3. The molecular weight excluding hydrogens is 734 g/mol. The standard InChI is InChI=1S/C37H67NO13.C3H6O2/c1-14-25-37(10,45)30(41)20(4)27(39)18(2)16-35(8,44)32(51-34-28(40)24(38(11)12)15-19(3)47-34)21(5)29(22(6)33(43)49-25)50-26-17-36(9,46-13)31(42)23(7)48-26;1-2-3(4)5/h18-26,28-32,34,40-42,44-45H,14-17H2,1-13H3;2H2,1H3,(H,4,5)/t18-,19-,20+,21-,22-,23+,24+,25-,26+,28-,29+,30+,31+,32-,34+,35-,36-,37-;/m1./s1. The lowest BCUT2D eigenvalue weighted by atomic mass is 9.74. The van der Waals surface area contributed by atoms with E-state index in [4.69, 9.17) is 33.5 Å². The minimum absolute atomic E-state index is 0.0936. The Morgan fingerprint density at radius 3 is 1.96 bits per heavy atom. The van der Waals surface area contributed by atoms with Gasteiger partial charge in [0, 0.05) is 43.7 Å². The van der Waals surface area contributed by atoms with E-state index >= 15 is 0 Å². The number of methoxy groups -OCH3 is 1. The van der Waals surface area contributed by atoms with Crippen molar-refractivity contribution in [3.05, 3.63) is 0 Å². The van der Waals surface area contributed by atoms with E-state index in [0.717, 1.165) is 0 Å². The van der Waals surface area contributed by atoms with E-state index in [1.54, 1.807) is 48.5 Å². The maximum Gasteiger partial charge on any atom is 0.311 e. The third-order valence-corrected chi connectivity index (χ3v) is 12.1. The summed E-state index contributed by atoms with van der Waals surface area (Å²) in [5.41, 5.74) is -4.84. The van der Waals surface area contributed by atoms with Gasteiger partial charge in [0.15, 0.2) is 12.6 Å². The van der Waals surface area contributed by atoms with Crippen molar-refractivity contribution in [2.75, 3.05) is 21.2 Å². The van der Waals surface area contributed by atoms with E-state index < -0.39 is 114 Å². The lowest BCUT2D eigenvalue weighted by molar-refractivity contribution is -0.318. The number of aliphatic hydroxyl groups excluding tert-OH is 3. The summed E-state index contributed by atoms with van der Waals surface area (Å²) < 4.78 is 37.1. The second-order valence-corrected chi connectivity index (χ2v) is 17.2. The lowest BCUT2D eigenvalue weighted by Crippen LogP contribution is -2.61. The number of aliphatic hydroxyl groups is 5. The van der Waals surface area contributed by atoms with Crippen molar-refractivity contribution < 1.29 is 73.4 Å². The monoisotopic (exact) mass is 807 g/mol. The molecule has 0 aromatic carbocycles. The fraction of sp³-hybridized carbons (Fsp3) is 0.925. The predicted octanol–water partition coefficient (Wildman–Crippen LogP) is 2.27. The van der Waals surface area contributed by atoms with Crippen LogP contribution in [0.1, 0.15) is 108 Å². The first kappa shape index (κ1) is 50.3. The van der Waals surface area contributed by atoms with E-state index in [2.05, 4.69) is 0 Å². The second-order valence-electron chi connectivity index (χ2n) is 17.2. The SMILES string of the molecule is CCC(=O)O.CC[C@H]1OC(=O)[C@H](C)[C@@H](O[C@H]2C[C@@](C)(OC)[C@@H](O)[C@H](C)O2)[C@@H](C)[C@@H](O[C@@H]2O[C@H](C)C[C@H](N(C)C)[C@H]2O)[C@](C)(O)C[C@@H](C)C(=O)[C@H](C)[C@H](O)[C@]1(C)O.